The fraction of sp³-hybridized carbons (Fsp3) is 0.375. The molecule has 0 aliphatic rings. The van der Waals surface area contributed by atoms with Crippen LogP contribution in [0.3, 0.4) is 0 Å². The standard InChI is InChI=1S/C16H17F4NO7S/c1-2-13(22)28-12-7-5-11(6-8-12)21-14(23)27-10-4-3-9-15(17,18)16(19,20)29(24,25)26/h2,5-8H,1,3-4,9-10H2,(H,21,23)(H,24,25,26). The van der Waals surface area contributed by atoms with E-state index in [1.807, 2.05) is 0 Å². The van der Waals surface area contributed by atoms with Crippen molar-refractivity contribution < 1.29 is 49.6 Å². The largest absolute Gasteiger partial charge is 0.449 e. The van der Waals surface area contributed by atoms with Crippen LogP contribution in [0.1, 0.15) is 19.3 Å². The molecule has 8 nitrogen and oxygen atoms in total. The highest BCUT2D eigenvalue weighted by Gasteiger charge is 2.64. The van der Waals surface area contributed by atoms with Crippen LogP contribution in [-0.2, 0) is 19.6 Å². The quantitative estimate of drug-likeness (QED) is 0.142. The lowest BCUT2D eigenvalue weighted by atomic mass is 10.1. The molecule has 0 aliphatic heterocycles. The molecule has 162 valence electrons. The topological polar surface area (TPSA) is 119 Å². The van der Waals surface area contributed by atoms with Crippen LogP contribution < -0.4 is 10.1 Å². The molecule has 1 amide bonds. The normalized spacial score (nSPS) is 12.2. The van der Waals surface area contributed by atoms with Gasteiger partial charge in [0.15, 0.2) is 0 Å². The third kappa shape index (κ3) is 7.02. The van der Waals surface area contributed by atoms with E-state index in [4.69, 9.17) is 9.29 Å². The van der Waals surface area contributed by atoms with Crippen molar-refractivity contribution in [3.63, 3.8) is 0 Å². The lowest BCUT2D eigenvalue weighted by Gasteiger charge is -2.23. The summed E-state index contributed by atoms with van der Waals surface area (Å²) in [5, 5.41) is -3.34. The highest BCUT2D eigenvalue weighted by molar-refractivity contribution is 7.87. The van der Waals surface area contributed by atoms with Crippen molar-refractivity contribution in [1.82, 2.24) is 0 Å². The molecule has 0 aromatic heterocycles. The first kappa shape index (κ1) is 24.4. The SMILES string of the molecule is C=CC(=O)Oc1ccc(NC(=O)OCCCCC(F)(F)C(F)(F)S(=O)(=O)O)cc1. The number of nitrogens with one attached hydrogen (secondary N) is 1. The molecule has 0 spiro atoms. The Labute approximate surface area is 163 Å². The Morgan fingerprint density at radius 3 is 2.24 bits per heavy atom. The monoisotopic (exact) mass is 443 g/mol. The van der Waals surface area contributed by atoms with Gasteiger partial charge >= 0.3 is 33.4 Å². The van der Waals surface area contributed by atoms with Gasteiger partial charge in [0, 0.05) is 18.2 Å². The molecule has 0 saturated heterocycles. The van der Waals surface area contributed by atoms with E-state index in [9.17, 15) is 35.6 Å². The number of hydrogen-bond acceptors (Lipinski definition) is 6. The number of carbonyl (C=O) groups is 2. The van der Waals surface area contributed by atoms with Crippen LogP contribution in [-0.4, -0.2) is 42.8 Å². The number of hydrogen-bond donors (Lipinski definition) is 2. The van der Waals surface area contributed by atoms with Crippen molar-refractivity contribution in [3.8, 4) is 5.75 Å². The zero-order chi connectivity index (χ0) is 22.3. The summed E-state index contributed by atoms with van der Waals surface area (Å²) >= 11 is 0. The van der Waals surface area contributed by atoms with Crippen molar-refractivity contribution >= 4 is 27.9 Å². The van der Waals surface area contributed by atoms with Crippen LogP contribution in [0, 0.1) is 0 Å². The van der Waals surface area contributed by atoms with Gasteiger partial charge in [-0.2, -0.15) is 26.0 Å². The zero-order valence-corrected chi connectivity index (χ0v) is 15.6. The summed E-state index contributed by atoms with van der Waals surface area (Å²) in [7, 11) is -6.27. The highest BCUT2D eigenvalue weighted by Crippen LogP contribution is 2.41. The zero-order valence-electron chi connectivity index (χ0n) is 14.7. The number of unbranched alkanes of at least 4 members (excludes halogenated alkanes) is 1. The molecule has 1 rings (SSSR count). The average molecular weight is 443 g/mol. The first-order valence-corrected chi connectivity index (χ1v) is 9.35. The van der Waals surface area contributed by atoms with Gasteiger partial charge in [0.2, 0.25) is 0 Å². The Morgan fingerprint density at radius 1 is 1.14 bits per heavy atom. The van der Waals surface area contributed by atoms with E-state index in [2.05, 4.69) is 16.6 Å². The summed E-state index contributed by atoms with van der Waals surface area (Å²) in [6.45, 7) is 2.82. The van der Waals surface area contributed by atoms with E-state index >= 15 is 0 Å². The Morgan fingerprint density at radius 2 is 1.72 bits per heavy atom. The first-order valence-electron chi connectivity index (χ1n) is 7.91. The Hall–Kier alpha value is -2.67. The molecule has 2 N–H and O–H groups in total. The Kier molecular flexibility index (Phi) is 8.15. The predicted molar refractivity (Wildman–Crippen MR) is 92.5 cm³/mol. The summed E-state index contributed by atoms with van der Waals surface area (Å²) in [4.78, 5) is 22.6. The van der Waals surface area contributed by atoms with Gasteiger partial charge in [-0.15, -0.1) is 0 Å². The molecule has 0 fully saturated rings. The van der Waals surface area contributed by atoms with Crippen molar-refractivity contribution in [1.29, 1.82) is 0 Å². The minimum absolute atomic E-state index is 0.191. The van der Waals surface area contributed by atoms with Crippen molar-refractivity contribution in [2.75, 3.05) is 11.9 Å². The van der Waals surface area contributed by atoms with E-state index in [0.29, 0.717) is 0 Å². The molecular weight excluding hydrogens is 426 g/mol. The van der Waals surface area contributed by atoms with Crippen molar-refractivity contribution in [2.24, 2.45) is 0 Å². The Balaban J connectivity index is 2.39. The van der Waals surface area contributed by atoms with Crippen LogP contribution in [0.4, 0.5) is 28.0 Å². The molecule has 1 aromatic rings. The first-order chi connectivity index (χ1) is 13.3. The van der Waals surface area contributed by atoms with Crippen LogP contribution in [0.25, 0.3) is 0 Å². The molecule has 0 atom stereocenters. The summed E-state index contributed by atoms with van der Waals surface area (Å²) in [6, 6.07) is 5.50. The predicted octanol–water partition coefficient (Wildman–Crippen LogP) is 3.61. The molecule has 0 saturated carbocycles. The van der Waals surface area contributed by atoms with E-state index in [1.165, 1.54) is 24.3 Å². The maximum absolute atomic E-state index is 13.3. The second-order valence-electron chi connectivity index (χ2n) is 5.56. The van der Waals surface area contributed by atoms with Crippen molar-refractivity contribution in [2.45, 2.75) is 30.4 Å². The van der Waals surface area contributed by atoms with Gasteiger partial charge in [0.05, 0.1) is 6.61 Å². The number of benzene rings is 1. The van der Waals surface area contributed by atoms with Gasteiger partial charge in [0.1, 0.15) is 5.75 Å². The van der Waals surface area contributed by atoms with E-state index in [0.717, 1.165) is 6.08 Å². The van der Waals surface area contributed by atoms with Crippen LogP contribution in [0.15, 0.2) is 36.9 Å². The fourth-order valence-corrected chi connectivity index (χ4v) is 2.35. The molecule has 29 heavy (non-hydrogen) atoms. The van der Waals surface area contributed by atoms with E-state index in [1.54, 1.807) is 0 Å². The Bertz CT molecular complexity index is 841. The maximum Gasteiger partial charge on any atom is 0.431 e. The second kappa shape index (κ2) is 9.69. The summed E-state index contributed by atoms with van der Waals surface area (Å²) < 4.78 is 90.9. The minimum atomic E-state index is -6.27. The van der Waals surface area contributed by atoms with Gasteiger partial charge in [-0.3, -0.25) is 9.87 Å². The number of anilines is 1. The number of halogens is 4. The van der Waals surface area contributed by atoms with Gasteiger partial charge < -0.3 is 9.47 Å². The smallest absolute Gasteiger partial charge is 0.431 e. The van der Waals surface area contributed by atoms with Crippen LogP contribution >= 0.6 is 0 Å². The van der Waals surface area contributed by atoms with Crippen molar-refractivity contribution in [3.05, 3.63) is 36.9 Å². The molecular formula is C16H17F4NO7S. The minimum Gasteiger partial charge on any atom is -0.449 e. The van der Waals surface area contributed by atoms with Crippen LogP contribution in [0.5, 0.6) is 5.75 Å². The molecule has 0 radical (unpaired) electrons. The van der Waals surface area contributed by atoms with E-state index in [-0.39, 0.29) is 17.9 Å². The summed E-state index contributed by atoms with van der Waals surface area (Å²) in [5.41, 5.74) is 0.257. The lowest BCUT2D eigenvalue weighted by Crippen LogP contribution is -2.46. The average Bonchev–Trinajstić information content (AvgIpc) is 2.61. The number of rotatable bonds is 10. The van der Waals surface area contributed by atoms with Gasteiger partial charge in [-0.05, 0) is 37.1 Å². The number of amides is 1. The molecule has 0 aliphatic carbocycles. The van der Waals surface area contributed by atoms with Crippen LogP contribution in [0.2, 0.25) is 0 Å². The fourth-order valence-electron chi connectivity index (χ4n) is 1.87. The third-order valence-electron chi connectivity index (χ3n) is 3.35. The number of esters is 1. The van der Waals surface area contributed by atoms with Gasteiger partial charge in [-0.1, -0.05) is 6.58 Å². The maximum atomic E-state index is 13.3. The summed E-state index contributed by atoms with van der Waals surface area (Å²) in [6.07, 6.45) is -2.41. The molecule has 1 aromatic carbocycles. The van der Waals surface area contributed by atoms with Gasteiger partial charge in [-0.25, -0.2) is 9.59 Å². The van der Waals surface area contributed by atoms with E-state index < -0.39 is 52.8 Å². The third-order valence-corrected chi connectivity index (χ3v) is 4.30. The lowest BCUT2D eigenvalue weighted by molar-refractivity contribution is -0.164. The molecule has 0 heterocycles. The number of ether oxygens (including phenoxy) is 2. The van der Waals surface area contributed by atoms with Gasteiger partial charge in [0.25, 0.3) is 0 Å². The number of alkyl halides is 4. The summed E-state index contributed by atoms with van der Waals surface area (Å²) in [5.74, 6) is -5.47. The molecule has 0 bridgehead atoms. The molecule has 0 unspecified atom stereocenters. The highest BCUT2D eigenvalue weighted by atomic mass is 32.2. The number of carbonyl (C=O) groups excluding carboxylic acids is 2. The molecule has 13 heteroatoms. The second-order valence-corrected chi connectivity index (χ2v) is 7.03.